The second-order valence-electron chi connectivity index (χ2n) is 8.41. The number of piperidine rings is 1. The van der Waals surface area contributed by atoms with Crippen molar-refractivity contribution < 1.29 is 17.7 Å². The number of benzene rings is 2. The first-order valence-corrected chi connectivity index (χ1v) is 13.3. The summed E-state index contributed by atoms with van der Waals surface area (Å²) in [6, 6.07) is 15.5. The molecule has 0 aliphatic carbocycles. The second kappa shape index (κ2) is 8.94. The third-order valence-electron chi connectivity index (χ3n) is 5.99. The van der Waals surface area contributed by atoms with Crippen molar-refractivity contribution in [1.82, 2.24) is 14.4 Å². The van der Waals surface area contributed by atoms with Gasteiger partial charge in [-0.1, -0.05) is 29.4 Å². The van der Waals surface area contributed by atoms with Gasteiger partial charge in [0.2, 0.25) is 15.9 Å². The van der Waals surface area contributed by atoms with Gasteiger partial charge in [-0.15, -0.1) is 11.3 Å². The molecule has 0 spiro atoms. The Kier molecular flexibility index (Phi) is 5.97. The quantitative estimate of drug-likeness (QED) is 0.433. The van der Waals surface area contributed by atoms with E-state index >= 15 is 0 Å². The van der Waals surface area contributed by atoms with Gasteiger partial charge in [-0.3, -0.25) is 4.79 Å². The lowest BCUT2D eigenvalue weighted by atomic mass is 9.98. The van der Waals surface area contributed by atoms with E-state index in [0.717, 1.165) is 20.8 Å². The number of nitrogens with one attached hydrogen (secondary N) is 1. The molecule has 0 saturated carbocycles. The average Bonchev–Trinajstić information content (AvgIpc) is 3.42. The monoisotopic (exact) mass is 496 g/mol. The van der Waals surface area contributed by atoms with Crippen molar-refractivity contribution in [2.45, 2.75) is 31.6 Å². The first kappa shape index (κ1) is 22.7. The Hall–Kier alpha value is -3.08. The molecule has 2 aromatic carbocycles. The summed E-state index contributed by atoms with van der Waals surface area (Å²) in [5, 5.41) is 7.62. The molecule has 1 fully saturated rings. The highest BCUT2D eigenvalue weighted by Gasteiger charge is 2.36. The number of sulfonamides is 1. The summed E-state index contributed by atoms with van der Waals surface area (Å²) in [5.74, 6) is -0.383. The Bertz CT molecular complexity index is 1420. The van der Waals surface area contributed by atoms with E-state index in [9.17, 15) is 13.2 Å². The molecule has 1 aliphatic rings. The summed E-state index contributed by atoms with van der Waals surface area (Å²) in [6.45, 7) is 3.68. The van der Waals surface area contributed by atoms with E-state index in [1.54, 1.807) is 25.2 Å². The smallest absolute Gasteiger partial charge is 0.248 e. The third kappa shape index (κ3) is 4.24. The predicted octanol–water partition coefficient (Wildman–Crippen LogP) is 4.61. The SMILES string of the molecule is Cc1noc(C)c1S(=O)(=O)N1CCCC(C(=O)Nc2cccc(-c3nc4ccccc4s3)c2)C1. The summed E-state index contributed by atoms with van der Waals surface area (Å²) in [5.41, 5.74) is 2.85. The molecule has 8 nitrogen and oxygen atoms in total. The van der Waals surface area contributed by atoms with Gasteiger partial charge in [0, 0.05) is 24.3 Å². The number of aromatic nitrogens is 2. The van der Waals surface area contributed by atoms with Gasteiger partial charge in [-0.2, -0.15) is 4.31 Å². The minimum absolute atomic E-state index is 0.0945. The Labute approximate surface area is 201 Å². The largest absolute Gasteiger partial charge is 0.360 e. The van der Waals surface area contributed by atoms with Gasteiger partial charge in [-0.25, -0.2) is 13.4 Å². The van der Waals surface area contributed by atoms with Crippen LogP contribution in [0.1, 0.15) is 24.3 Å². The van der Waals surface area contributed by atoms with Crippen LogP contribution in [0.15, 0.2) is 57.9 Å². The van der Waals surface area contributed by atoms with Crippen LogP contribution in [0.25, 0.3) is 20.8 Å². The fourth-order valence-corrected chi connectivity index (χ4v) is 7.09. The van der Waals surface area contributed by atoms with Crippen LogP contribution in [0.2, 0.25) is 0 Å². The van der Waals surface area contributed by atoms with E-state index in [-0.39, 0.29) is 23.1 Å². The molecule has 1 aliphatic heterocycles. The number of hydrogen-bond acceptors (Lipinski definition) is 7. The van der Waals surface area contributed by atoms with Crippen molar-refractivity contribution in [3.8, 4) is 10.6 Å². The molecular weight excluding hydrogens is 472 g/mol. The number of hydrogen-bond donors (Lipinski definition) is 1. The lowest BCUT2D eigenvalue weighted by molar-refractivity contribution is -0.120. The Balaban J connectivity index is 1.32. The number of para-hydroxylation sites is 1. The van der Waals surface area contributed by atoms with E-state index in [1.807, 2.05) is 48.5 Å². The molecule has 1 saturated heterocycles. The predicted molar refractivity (Wildman–Crippen MR) is 131 cm³/mol. The highest BCUT2D eigenvalue weighted by molar-refractivity contribution is 7.89. The minimum Gasteiger partial charge on any atom is -0.360 e. The Morgan fingerprint density at radius 1 is 1.18 bits per heavy atom. The van der Waals surface area contributed by atoms with E-state index in [0.29, 0.717) is 30.8 Å². The molecule has 0 bridgehead atoms. The number of rotatable bonds is 5. The van der Waals surface area contributed by atoms with Crippen LogP contribution in [0.3, 0.4) is 0 Å². The van der Waals surface area contributed by atoms with Crippen LogP contribution in [0, 0.1) is 19.8 Å². The molecule has 1 atom stereocenters. The highest BCUT2D eigenvalue weighted by atomic mass is 32.2. The summed E-state index contributed by atoms with van der Waals surface area (Å²) >= 11 is 1.60. The van der Waals surface area contributed by atoms with Gasteiger partial charge in [-0.05, 0) is 51.0 Å². The molecule has 3 heterocycles. The molecule has 10 heteroatoms. The van der Waals surface area contributed by atoms with Crippen molar-refractivity contribution in [3.05, 3.63) is 60.0 Å². The lowest BCUT2D eigenvalue weighted by Gasteiger charge is -2.31. The van der Waals surface area contributed by atoms with Crippen LogP contribution in [0.4, 0.5) is 5.69 Å². The molecule has 4 aromatic rings. The fraction of sp³-hybridized carbons (Fsp3) is 0.292. The fourth-order valence-electron chi connectivity index (χ4n) is 4.32. The number of carbonyl (C=O) groups excluding carboxylic acids is 1. The number of thiazole rings is 1. The van der Waals surface area contributed by atoms with Gasteiger partial charge in [0.15, 0.2) is 5.76 Å². The van der Waals surface area contributed by atoms with Crippen molar-refractivity contribution >= 4 is 43.2 Å². The molecular formula is C24H24N4O4S2. The van der Waals surface area contributed by atoms with Gasteiger partial charge >= 0.3 is 0 Å². The molecule has 5 rings (SSSR count). The summed E-state index contributed by atoms with van der Waals surface area (Å²) in [6.07, 6.45) is 1.23. The number of amides is 1. The molecule has 1 unspecified atom stereocenters. The van der Waals surface area contributed by atoms with Crippen LogP contribution >= 0.6 is 11.3 Å². The standard InChI is InChI=1S/C24H24N4O4S2/c1-15-22(16(2)32-27-15)34(30,31)28-12-6-8-18(14-28)23(29)25-19-9-5-7-17(13-19)24-26-20-10-3-4-11-21(20)33-24/h3-5,7,9-11,13,18H,6,8,12,14H2,1-2H3,(H,25,29). The van der Waals surface area contributed by atoms with Crippen molar-refractivity contribution in [1.29, 1.82) is 0 Å². The topological polar surface area (TPSA) is 105 Å². The van der Waals surface area contributed by atoms with Crippen molar-refractivity contribution in [2.75, 3.05) is 18.4 Å². The van der Waals surface area contributed by atoms with E-state index < -0.39 is 15.9 Å². The molecule has 1 N–H and O–H groups in total. The lowest BCUT2D eigenvalue weighted by Crippen LogP contribution is -2.43. The van der Waals surface area contributed by atoms with Gasteiger partial charge in [0.25, 0.3) is 0 Å². The summed E-state index contributed by atoms with van der Waals surface area (Å²) in [7, 11) is -3.78. The molecule has 0 radical (unpaired) electrons. The minimum atomic E-state index is -3.78. The first-order valence-electron chi connectivity index (χ1n) is 11.0. The van der Waals surface area contributed by atoms with E-state index in [4.69, 9.17) is 4.52 Å². The van der Waals surface area contributed by atoms with Crippen LogP contribution in [-0.4, -0.2) is 41.9 Å². The number of carbonyl (C=O) groups is 1. The zero-order chi connectivity index (χ0) is 23.9. The summed E-state index contributed by atoms with van der Waals surface area (Å²) in [4.78, 5) is 17.9. The number of anilines is 1. The zero-order valence-electron chi connectivity index (χ0n) is 18.8. The number of aryl methyl sites for hydroxylation is 2. The summed E-state index contributed by atoms with van der Waals surface area (Å²) < 4.78 is 33.9. The number of nitrogens with zero attached hydrogens (tertiary/aromatic N) is 3. The zero-order valence-corrected chi connectivity index (χ0v) is 20.4. The van der Waals surface area contributed by atoms with Gasteiger partial charge in [0.1, 0.15) is 15.6 Å². The maximum absolute atomic E-state index is 13.2. The van der Waals surface area contributed by atoms with Crippen LogP contribution in [0.5, 0.6) is 0 Å². The van der Waals surface area contributed by atoms with Crippen LogP contribution < -0.4 is 5.32 Å². The first-order chi connectivity index (χ1) is 16.3. The Morgan fingerprint density at radius 2 is 2.00 bits per heavy atom. The molecule has 176 valence electrons. The van der Waals surface area contributed by atoms with Crippen molar-refractivity contribution in [2.24, 2.45) is 5.92 Å². The van der Waals surface area contributed by atoms with E-state index in [2.05, 4.69) is 15.5 Å². The maximum Gasteiger partial charge on any atom is 0.248 e. The molecule has 1 amide bonds. The normalized spacial score (nSPS) is 17.2. The van der Waals surface area contributed by atoms with Crippen molar-refractivity contribution in [3.63, 3.8) is 0 Å². The average molecular weight is 497 g/mol. The van der Waals surface area contributed by atoms with Gasteiger partial charge < -0.3 is 9.84 Å². The van der Waals surface area contributed by atoms with Gasteiger partial charge in [0.05, 0.1) is 16.1 Å². The number of fused-ring (bicyclic) bond motifs is 1. The second-order valence-corrected chi connectivity index (χ2v) is 11.3. The molecule has 34 heavy (non-hydrogen) atoms. The maximum atomic E-state index is 13.2. The van der Waals surface area contributed by atoms with E-state index in [1.165, 1.54) is 4.31 Å². The highest BCUT2D eigenvalue weighted by Crippen LogP contribution is 2.32. The Morgan fingerprint density at radius 3 is 2.76 bits per heavy atom. The third-order valence-corrected chi connectivity index (χ3v) is 9.19. The van der Waals surface area contributed by atoms with Crippen LogP contribution in [-0.2, 0) is 14.8 Å². The molecule has 2 aromatic heterocycles.